The van der Waals surface area contributed by atoms with Gasteiger partial charge in [0.25, 0.3) is 0 Å². The Morgan fingerprint density at radius 3 is 2.61 bits per heavy atom. The number of aromatic nitrogens is 2. The van der Waals surface area contributed by atoms with Crippen LogP contribution in [0.4, 0.5) is 14.7 Å². The van der Waals surface area contributed by atoms with Crippen molar-refractivity contribution in [1.82, 2.24) is 9.55 Å². The van der Waals surface area contributed by atoms with Gasteiger partial charge in [0.05, 0.1) is 22.6 Å². The van der Waals surface area contributed by atoms with Crippen LogP contribution in [0.2, 0.25) is 0 Å². The molecule has 2 heterocycles. The molecule has 3 aromatic rings. The highest BCUT2D eigenvalue weighted by Crippen LogP contribution is 2.43. The van der Waals surface area contributed by atoms with Crippen molar-refractivity contribution in [2.24, 2.45) is 0 Å². The number of esters is 1. The van der Waals surface area contributed by atoms with Crippen molar-refractivity contribution in [1.29, 1.82) is 0 Å². The summed E-state index contributed by atoms with van der Waals surface area (Å²) in [6.07, 6.45) is 4.72. The predicted octanol–water partition coefficient (Wildman–Crippen LogP) is 5.80. The maximum absolute atomic E-state index is 13.5. The van der Waals surface area contributed by atoms with Crippen LogP contribution in [0, 0.1) is 0 Å². The third-order valence-corrected chi connectivity index (χ3v) is 6.31. The number of anilines is 1. The molecule has 0 radical (unpaired) electrons. The van der Waals surface area contributed by atoms with E-state index in [4.69, 9.17) is 9.47 Å². The summed E-state index contributed by atoms with van der Waals surface area (Å²) in [5.74, 6) is 0.0887. The number of nitrogens with one attached hydrogen (secondary N) is 1. The van der Waals surface area contributed by atoms with Crippen LogP contribution in [0.1, 0.15) is 50.6 Å². The van der Waals surface area contributed by atoms with Crippen molar-refractivity contribution in [2.75, 3.05) is 5.32 Å². The first-order valence-corrected chi connectivity index (χ1v) is 11.2. The number of nitrogens with zero attached hydrogens (tertiary/aromatic N) is 2. The lowest BCUT2D eigenvalue weighted by atomic mass is 9.93. The number of ether oxygens (including phenoxy) is 2. The van der Waals surface area contributed by atoms with Crippen molar-refractivity contribution < 1.29 is 23.0 Å². The molecule has 33 heavy (non-hydrogen) atoms. The molecule has 0 bridgehead atoms. The average Bonchev–Trinajstić information content (AvgIpc) is 3.16. The fourth-order valence-corrected chi connectivity index (χ4v) is 4.83. The summed E-state index contributed by atoms with van der Waals surface area (Å²) in [5.41, 5.74) is 2.88. The Hall–Kier alpha value is -3.42. The SMILES string of the molecule is CC1=C(C(=O)OC2CCCCC2)[C@@H](c2ccccc2OC(F)F)n2c(nc3ccccc32)N1. The smallest absolute Gasteiger partial charge is 0.387 e. The van der Waals surface area contributed by atoms with Crippen LogP contribution >= 0.6 is 0 Å². The summed E-state index contributed by atoms with van der Waals surface area (Å²) < 4.78 is 39.1. The van der Waals surface area contributed by atoms with Crippen LogP contribution in [0.3, 0.4) is 0 Å². The van der Waals surface area contributed by atoms with E-state index in [2.05, 4.69) is 10.3 Å². The fraction of sp³-hybridized carbons (Fsp3) is 0.360. The van der Waals surface area contributed by atoms with Gasteiger partial charge < -0.3 is 14.8 Å². The van der Waals surface area contributed by atoms with Gasteiger partial charge in [0, 0.05) is 11.3 Å². The van der Waals surface area contributed by atoms with Crippen LogP contribution in [0.15, 0.2) is 59.8 Å². The Balaban J connectivity index is 1.65. The molecule has 2 aromatic carbocycles. The monoisotopic (exact) mass is 453 g/mol. The second-order valence-electron chi connectivity index (χ2n) is 8.44. The standard InChI is InChI=1S/C25H25F2N3O3/c1-15-21(23(31)32-16-9-3-2-4-10-16)22(17-11-5-8-14-20(17)33-24(26)27)30-19-13-7-6-12-18(19)29-25(30)28-15/h5-8,11-14,16,22,24H,2-4,9-10H2,1H3,(H,28,29)/t22-/m1/s1. The van der Waals surface area contributed by atoms with E-state index >= 15 is 0 Å². The first kappa shape index (κ1) is 21.4. The number of alkyl halides is 2. The number of carbonyl (C=O) groups excluding carboxylic acids is 1. The second kappa shape index (κ2) is 8.84. The van der Waals surface area contributed by atoms with Gasteiger partial charge in [0.2, 0.25) is 5.95 Å². The zero-order chi connectivity index (χ0) is 22.9. The summed E-state index contributed by atoms with van der Waals surface area (Å²) >= 11 is 0. The number of hydrogen-bond donors (Lipinski definition) is 1. The van der Waals surface area contributed by atoms with E-state index in [1.54, 1.807) is 25.1 Å². The van der Waals surface area contributed by atoms with Crippen molar-refractivity contribution in [2.45, 2.75) is 57.8 Å². The van der Waals surface area contributed by atoms with Crippen molar-refractivity contribution >= 4 is 23.0 Å². The molecule has 0 spiro atoms. The molecular weight excluding hydrogens is 428 g/mol. The molecule has 0 unspecified atom stereocenters. The molecular formula is C25H25F2N3O3. The molecule has 1 atom stereocenters. The van der Waals surface area contributed by atoms with Gasteiger partial charge in [-0.15, -0.1) is 0 Å². The fourth-order valence-electron chi connectivity index (χ4n) is 4.83. The minimum atomic E-state index is -2.99. The van der Waals surface area contributed by atoms with E-state index in [0.717, 1.165) is 43.1 Å². The van der Waals surface area contributed by atoms with Crippen molar-refractivity contribution in [3.05, 3.63) is 65.4 Å². The lowest BCUT2D eigenvalue weighted by molar-refractivity contribution is -0.146. The Labute approximate surface area is 190 Å². The lowest BCUT2D eigenvalue weighted by Crippen LogP contribution is -2.31. The predicted molar refractivity (Wildman–Crippen MR) is 120 cm³/mol. The van der Waals surface area contributed by atoms with Crippen LogP contribution in [-0.2, 0) is 9.53 Å². The number of imidazole rings is 1. The molecule has 1 aliphatic heterocycles. The summed E-state index contributed by atoms with van der Waals surface area (Å²) in [7, 11) is 0. The third-order valence-electron chi connectivity index (χ3n) is 6.31. The van der Waals surface area contributed by atoms with Crippen LogP contribution in [0.25, 0.3) is 11.0 Å². The normalized spacial score (nSPS) is 18.8. The van der Waals surface area contributed by atoms with Gasteiger partial charge in [0.1, 0.15) is 11.9 Å². The maximum Gasteiger partial charge on any atom is 0.387 e. The number of halogens is 2. The first-order chi connectivity index (χ1) is 16.0. The van der Waals surface area contributed by atoms with Crippen LogP contribution in [-0.4, -0.2) is 28.2 Å². The minimum absolute atomic E-state index is 0.0129. The number of para-hydroxylation sites is 3. The van der Waals surface area contributed by atoms with Gasteiger partial charge in [-0.25, -0.2) is 9.78 Å². The summed E-state index contributed by atoms with van der Waals surface area (Å²) in [5, 5.41) is 3.22. The Kier molecular flexibility index (Phi) is 5.74. The average molecular weight is 453 g/mol. The molecule has 1 N–H and O–H groups in total. The Morgan fingerprint density at radius 2 is 1.82 bits per heavy atom. The molecule has 0 saturated heterocycles. The summed E-state index contributed by atoms with van der Waals surface area (Å²) in [6.45, 7) is -1.21. The largest absolute Gasteiger partial charge is 0.459 e. The summed E-state index contributed by atoms with van der Waals surface area (Å²) in [6, 6.07) is 13.3. The van der Waals surface area contributed by atoms with Gasteiger partial charge in [-0.3, -0.25) is 4.57 Å². The highest BCUT2D eigenvalue weighted by Gasteiger charge is 2.37. The minimum Gasteiger partial charge on any atom is -0.459 e. The molecule has 5 rings (SSSR count). The van der Waals surface area contributed by atoms with E-state index in [9.17, 15) is 13.6 Å². The van der Waals surface area contributed by atoms with Gasteiger partial charge in [-0.2, -0.15) is 8.78 Å². The quantitative estimate of drug-likeness (QED) is 0.495. The van der Waals surface area contributed by atoms with E-state index in [0.29, 0.717) is 22.8 Å². The molecule has 6 nitrogen and oxygen atoms in total. The number of carbonyl (C=O) groups is 1. The van der Waals surface area contributed by atoms with Crippen LogP contribution < -0.4 is 10.1 Å². The molecule has 0 amide bonds. The van der Waals surface area contributed by atoms with Gasteiger partial charge in [-0.1, -0.05) is 36.8 Å². The van der Waals surface area contributed by atoms with Crippen molar-refractivity contribution in [3.8, 4) is 5.75 Å². The van der Waals surface area contributed by atoms with Gasteiger partial charge in [0.15, 0.2) is 0 Å². The number of fused-ring (bicyclic) bond motifs is 3. The van der Waals surface area contributed by atoms with E-state index < -0.39 is 18.6 Å². The highest BCUT2D eigenvalue weighted by atomic mass is 19.3. The zero-order valence-corrected chi connectivity index (χ0v) is 18.3. The number of allylic oxidation sites excluding steroid dienone is 1. The molecule has 172 valence electrons. The third kappa shape index (κ3) is 4.05. The number of benzene rings is 2. The second-order valence-corrected chi connectivity index (χ2v) is 8.44. The van der Waals surface area contributed by atoms with Gasteiger partial charge >= 0.3 is 12.6 Å². The Bertz CT molecular complexity index is 1210. The topological polar surface area (TPSA) is 65.4 Å². The molecule has 1 saturated carbocycles. The van der Waals surface area contributed by atoms with Crippen LogP contribution in [0.5, 0.6) is 5.75 Å². The molecule has 2 aliphatic rings. The molecule has 1 aromatic heterocycles. The Morgan fingerprint density at radius 1 is 1.09 bits per heavy atom. The zero-order valence-electron chi connectivity index (χ0n) is 18.3. The maximum atomic E-state index is 13.5. The molecule has 1 aliphatic carbocycles. The summed E-state index contributed by atoms with van der Waals surface area (Å²) in [4.78, 5) is 18.2. The highest BCUT2D eigenvalue weighted by molar-refractivity contribution is 5.94. The van der Waals surface area contributed by atoms with E-state index in [1.165, 1.54) is 6.07 Å². The number of hydrogen-bond acceptors (Lipinski definition) is 5. The first-order valence-electron chi connectivity index (χ1n) is 11.2. The van der Waals surface area contributed by atoms with E-state index in [-0.39, 0.29) is 11.9 Å². The molecule has 1 fully saturated rings. The van der Waals surface area contributed by atoms with Crippen molar-refractivity contribution in [3.63, 3.8) is 0 Å². The number of rotatable bonds is 5. The lowest BCUT2D eigenvalue weighted by Gasteiger charge is -2.32. The van der Waals surface area contributed by atoms with E-state index in [1.807, 2.05) is 28.8 Å². The molecule has 8 heteroatoms. The van der Waals surface area contributed by atoms with Gasteiger partial charge in [-0.05, 0) is 50.8 Å².